The maximum atomic E-state index is 8.52. The molecule has 11 heavy (non-hydrogen) atoms. The minimum absolute atomic E-state index is 0.0408. The number of hydrogen-bond donors (Lipinski definition) is 2. The van der Waals surface area contributed by atoms with Gasteiger partial charge in [0.25, 0.3) is 0 Å². The van der Waals surface area contributed by atoms with Crippen molar-refractivity contribution in [1.29, 1.82) is 0 Å². The summed E-state index contributed by atoms with van der Waals surface area (Å²) in [7, 11) is 0. The largest absolute Gasteiger partial charge is 0.446 e. The second kappa shape index (κ2) is 4.10. The van der Waals surface area contributed by atoms with E-state index in [9.17, 15) is 0 Å². The van der Waals surface area contributed by atoms with E-state index in [-0.39, 0.29) is 13.2 Å². The quantitative estimate of drug-likeness (QED) is 0.632. The zero-order chi connectivity index (χ0) is 8.10. The van der Waals surface area contributed by atoms with Crippen molar-refractivity contribution in [1.82, 2.24) is 4.98 Å². The highest BCUT2D eigenvalue weighted by Crippen LogP contribution is 2.03. The van der Waals surface area contributed by atoms with E-state index in [1.807, 2.05) is 0 Å². The van der Waals surface area contributed by atoms with Crippen molar-refractivity contribution in [2.24, 2.45) is 0 Å². The van der Waals surface area contributed by atoms with E-state index in [4.69, 9.17) is 14.6 Å². The molecule has 0 aliphatic rings. The van der Waals surface area contributed by atoms with Gasteiger partial charge in [-0.15, -0.1) is 0 Å². The summed E-state index contributed by atoms with van der Waals surface area (Å²) >= 11 is 0. The van der Waals surface area contributed by atoms with Crippen molar-refractivity contribution in [3.8, 4) is 0 Å². The molecular weight excluding hydrogens is 146 g/mol. The third-order valence-electron chi connectivity index (χ3n) is 1.29. The fraction of sp³-hybridized carbons (Fsp3) is 0.571. The topological polar surface area (TPSA) is 66.5 Å². The van der Waals surface area contributed by atoms with Crippen molar-refractivity contribution in [3.63, 3.8) is 0 Å². The van der Waals surface area contributed by atoms with Gasteiger partial charge in [-0.05, 0) is 0 Å². The predicted molar refractivity (Wildman–Crippen MR) is 38.1 cm³/mol. The van der Waals surface area contributed by atoms with Crippen LogP contribution in [0.5, 0.6) is 0 Å². The Morgan fingerprint density at radius 1 is 1.27 bits per heavy atom. The molecular formula is C7H11NO3. The van der Waals surface area contributed by atoms with Crippen LogP contribution in [-0.4, -0.2) is 28.4 Å². The lowest BCUT2D eigenvalue weighted by molar-refractivity contribution is 0.272. The molecule has 0 atom stereocenters. The highest BCUT2D eigenvalue weighted by molar-refractivity contribution is 4.94. The molecule has 0 fully saturated rings. The summed E-state index contributed by atoms with van der Waals surface area (Å²) in [4.78, 5) is 3.89. The molecule has 1 aromatic rings. The Labute approximate surface area is 64.5 Å². The highest BCUT2D eigenvalue weighted by atomic mass is 16.4. The van der Waals surface area contributed by atoms with Crippen LogP contribution < -0.4 is 0 Å². The molecule has 0 aliphatic carbocycles. The van der Waals surface area contributed by atoms with Gasteiger partial charge in [0.1, 0.15) is 5.76 Å². The summed E-state index contributed by atoms with van der Waals surface area (Å²) in [5, 5.41) is 17.0. The van der Waals surface area contributed by atoms with Crippen LogP contribution in [0.15, 0.2) is 10.6 Å². The first-order valence-corrected chi connectivity index (χ1v) is 3.52. The van der Waals surface area contributed by atoms with Gasteiger partial charge >= 0.3 is 0 Å². The molecule has 0 aromatic carbocycles. The highest BCUT2D eigenvalue weighted by Gasteiger charge is 2.01. The summed E-state index contributed by atoms with van der Waals surface area (Å²) in [6.07, 6.45) is 2.49. The molecule has 2 N–H and O–H groups in total. The molecule has 0 unspecified atom stereocenters. The molecule has 4 heteroatoms. The van der Waals surface area contributed by atoms with Crippen LogP contribution in [0.25, 0.3) is 0 Å². The molecule has 0 aliphatic heterocycles. The average molecular weight is 157 g/mol. The smallest absolute Gasteiger partial charge is 0.196 e. The van der Waals surface area contributed by atoms with Crippen LogP contribution in [0, 0.1) is 0 Å². The minimum Gasteiger partial charge on any atom is -0.446 e. The van der Waals surface area contributed by atoms with Gasteiger partial charge in [0, 0.05) is 12.8 Å². The average Bonchev–Trinajstić information content (AvgIpc) is 2.38. The van der Waals surface area contributed by atoms with Crippen molar-refractivity contribution >= 4 is 0 Å². The summed E-state index contributed by atoms with van der Waals surface area (Å²) in [6, 6.07) is 0. The Morgan fingerprint density at radius 3 is 2.64 bits per heavy atom. The Morgan fingerprint density at radius 2 is 2.00 bits per heavy atom. The molecule has 1 aromatic heterocycles. The van der Waals surface area contributed by atoms with Crippen LogP contribution in [0.1, 0.15) is 11.7 Å². The lowest BCUT2D eigenvalue weighted by Gasteiger charge is -1.89. The summed E-state index contributed by atoms with van der Waals surface area (Å²) in [5.74, 6) is 1.19. The molecule has 4 nitrogen and oxygen atoms in total. The standard InChI is InChI=1S/C7H11NO3/c9-3-1-6-5-8-7(11-6)2-4-10/h5,9-10H,1-4H2. The number of aliphatic hydroxyl groups is 2. The second-order valence-corrected chi connectivity index (χ2v) is 2.17. The Kier molecular flexibility index (Phi) is 3.07. The number of oxazole rings is 1. The van der Waals surface area contributed by atoms with Gasteiger partial charge in [0.2, 0.25) is 0 Å². The van der Waals surface area contributed by atoms with Crippen LogP contribution in [-0.2, 0) is 12.8 Å². The summed E-state index contributed by atoms with van der Waals surface area (Å²) in [5.41, 5.74) is 0. The van der Waals surface area contributed by atoms with Gasteiger partial charge in [-0.1, -0.05) is 0 Å². The third kappa shape index (κ3) is 2.32. The van der Waals surface area contributed by atoms with E-state index >= 15 is 0 Å². The molecule has 0 saturated heterocycles. The van der Waals surface area contributed by atoms with Gasteiger partial charge in [0.05, 0.1) is 19.4 Å². The Bertz CT molecular complexity index is 189. The molecule has 62 valence electrons. The second-order valence-electron chi connectivity index (χ2n) is 2.17. The van der Waals surface area contributed by atoms with E-state index in [0.29, 0.717) is 24.5 Å². The minimum atomic E-state index is 0.0408. The maximum absolute atomic E-state index is 8.52. The molecule has 1 rings (SSSR count). The fourth-order valence-electron chi connectivity index (χ4n) is 0.785. The van der Waals surface area contributed by atoms with Crippen molar-refractivity contribution in [2.45, 2.75) is 12.8 Å². The Balaban J connectivity index is 2.51. The third-order valence-corrected chi connectivity index (χ3v) is 1.29. The number of aromatic nitrogens is 1. The number of nitrogens with zero attached hydrogens (tertiary/aromatic N) is 1. The molecule has 0 amide bonds. The summed E-state index contributed by atoms with van der Waals surface area (Å²) < 4.78 is 5.13. The Hall–Kier alpha value is -0.870. The van der Waals surface area contributed by atoms with E-state index in [2.05, 4.69) is 4.98 Å². The monoisotopic (exact) mass is 157 g/mol. The normalized spacial score (nSPS) is 10.4. The molecule has 0 bridgehead atoms. The van der Waals surface area contributed by atoms with Crippen molar-refractivity contribution in [2.75, 3.05) is 13.2 Å². The first-order chi connectivity index (χ1) is 5.36. The maximum Gasteiger partial charge on any atom is 0.196 e. The lowest BCUT2D eigenvalue weighted by Crippen LogP contribution is -1.89. The molecule has 0 saturated carbocycles. The zero-order valence-corrected chi connectivity index (χ0v) is 6.16. The first kappa shape index (κ1) is 8.23. The van der Waals surface area contributed by atoms with E-state index in [0.717, 1.165) is 0 Å². The van der Waals surface area contributed by atoms with Crippen LogP contribution in [0.2, 0.25) is 0 Å². The molecule has 0 radical (unpaired) electrons. The van der Waals surface area contributed by atoms with E-state index < -0.39 is 0 Å². The fourth-order valence-corrected chi connectivity index (χ4v) is 0.785. The number of hydrogen-bond acceptors (Lipinski definition) is 4. The van der Waals surface area contributed by atoms with Gasteiger partial charge in [-0.3, -0.25) is 0 Å². The van der Waals surface area contributed by atoms with Gasteiger partial charge < -0.3 is 14.6 Å². The van der Waals surface area contributed by atoms with Crippen LogP contribution >= 0.6 is 0 Å². The summed E-state index contributed by atoms with van der Waals surface area (Å²) in [6.45, 7) is 0.104. The SMILES string of the molecule is OCCc1cnc(CCO)o1. The van der Waals surface area contributed by atoms with E-state index in [1.54, 1.807) is 6.20 Å². The van der Waals surface area contributed by atoms with Crippen molar-refractivity contribution in [3.05, 3.63) is 17.8 Å². The lowest BCUT2D eigenvalue weighted by atomic mass is 10.4. The molecule has 0 spiro atoms. The van der Waals surface area contributed by atoms with Crippen molar-refractivity contribution < 1.29 is 14.6 Å². The van der Waals surface area contributed by atoms with Gasteiger partial charge in [-0.25, -0.2) is 4.98 Å². The van der Waals surface area contributed by atoms with Crippen LogP contribution in [0.4, 0.5) is 0 Å². The predicted octanol–water partition coefficient (Wildman–Crippen LogP) is -0.256. The number of aliphatic hydroxyl groups excluding tert-OH is 2. The number of rotatable bonds is 4. The molecule has 1 heterocycles. The zero-order valence-electron chi connectivity index (χ0n) is 6.16. The van der Waals surface area contributed by atoms with E-state index in [1.165, 1.54) is 0 Å². The first-order valence-electron chi connectivity index (χ1n) is 3.52. The van der Waals surface area contributed by atoms with Gasteiger partial charge in [0.15, 0.2) is 5.89 Å². The van der Waals surface area contributed by atoms with Crippen LogP contribution in [0.3, 0.4) is 0 Å². The van der Waals surface area contributed by atoms with Gasteiger partial charge in [-0.2, -0.15) is 0 Å².